The summed E-state index contributed by atoms with van der Waals surface area (Å²) in [7, 11) is 1.62. The Hall–Kier alpha value is -2.20. The Kier molecular flexibility index (Phi) is 3.83. The van der Waals surface area contributed by atoms with Crippen molar-refractivity contribution in [2.45, 2.75) is 37.9 Å². The van der Waals surface area contributed by atoms with E-state index < -0.39 is 0 Å². The van der Waals surface area contributed by atoms with Gasteiger partial charge in [-0.25, -0.2) is 0 Å². The van der Waals surface area contributed by atoms with E-state index in [4.69, 9.17) is 4.74 Å². The van der Waals surface area contributed by atoms with Gasteiger partial charge in [0.1, 0.15) is 0 Å². The van der Waals surface area contributed by atoms with Crippen LogP contribution in [0.5, 0.6) is 5.88 Å². The number of rotatable bonds is 4. The standard InChI is InChI=1S/C19H21N3O/c1-23-19-10-9-18(20-21-19)15-11-16-7-8-17(12-15)22(16)13-14-5-3-2-4-6-14/h2-6,9-11,16-17H,7-8,12-13H2,1H3. The molecule has 118 valence electrons. The largest absolute Gasteiger partial charge is 0.480 e. The summed E-state index contributed by atoms with van der Waals surface area (Å²) >= 11 is 0. The van der Waals surface area contributed by atoms with E-state index in [1.54, 1.807) is 7.11 Å². The Morgan fingerprint density at radius 2 is 1.96 bits per heavy atom. The minimum absolute atomic E-state index is 0.521. The van der Waals surface area contributed by atoms with Gasteiger partial charge in [-0.1, -0.05) is 36.4 Å². The van der Waals surface area contributed by atoms with E-state index in [0.29, 0.717) is 18.0 Å². The van der Waals surface area contributed by atoms with Crippen molar-refractivity contribution in [1.29, 1.82) is 0 Å². The lowest BCUT2D eigenvalue weighted by Gasteiger charge is -2.33. The summed E-state index contributed by atoms with van der Waals surface area (Å²) in [5, 5.41) is 8.42. The van der Waals surface area contributed by atoms with Gasteiger partial charge < -0.3 is 4.74 Å². The Labute approximate surface area is 136 Å². The van der Waals surface area contributed by atoms with E-state index in [9.17, 15) is 0 Å². The number of benzene rings is 1. The fourth-order valence-corrected chi connectivity index (χ4v) is 3.75. The van der Waals surface area contributed by atoms with Crippen LogP contribution in [0.4, 0.5) is 0 Å². The van der Waals surface area contributed by atoms with E-state index in [2.05, 4.69) is 51.5 Å². The van der Waals surface area contributed by atoms with Gasteiger partial charge >= 0.3 is 0 Å². The zero-order chi connectivity index (χ0) is 15.6. The molecule has 2 aromatic rings. The number of hydrogen-bond donors (Lipinski definition) is 0. The summed E-state index contributed by atoms with van der Waals surface area (Å²) in [5.41, 5.74) is 3.71. The molecule has 1 aromatic carbocycles. The summed E-state index contributed by atoms with van der Waals surface area (Å²) in [6, 6.07) is 15.8. The topological polar surface area (TPSA) is 38.2 Å². The second-order valence-corrected chi connectivity index (χ2v) is 6.31. The first-order chi connectivity index (χ1) is 11.3. The lowest BCUT2D eigenvalue weighted by Crippen LogP contribution is -2.37. The van der Waals surface area contributed by atoms with E-state index in [0.717, 1.165) is 18.7 Å². The molecule has 1 saturated heterocycles. The van der Waals surface area contributed by atoms with Crippen molar-refractivity contribution < 1.29 is 4.74 Å². The number of fused-ring (bicyclic) bond motifs is 2. The number of hydrogen-bond acceptors (Lipinski definition) is 4. The van der Waals surface area contributed by atoms with Gasteiger partial charge in [0.05, 0.1) is 12.8 Å². The van der Waals surface area contributed by atoms with Crippen LogP contribution in [-0.4, -0.2) is 34.3 Å². The Morgan fingerprint density at radius 1 is 1.09 bits per heavy atom. The number of nitrogens with zero attached hydrogens (tertiary/aromatic N) is 3. The first kappa shape index (κ1) is 14.4. The minimum Gasteiger partial charge on any atom is -0.480 e. The molecule has 1 aromatic heterocycles. The van der Waals surface area contributed by atoms with E-state index in [1.165, 1.54) is 24.0 Å². The maximum Gasteiger partial charge on any atom is 0.233 e. The van der Waals surface area contributed by atoms with Crippen LogP contribution in [0.15, 0.2) is 48.5 Å². The van der Waals surface area contributed by atoms with Crippen LogP contribution in [0.3, 0.4) is 0 Å². The molecular weight excluding hydrogens is 286 g/mol. The van der Waals surface area contributed by atoms with Crippen molar-refractivity contribution in [2.75, 3.05) is 7.11 Å². The molecule has 2 aliphatic rings. The highest BCUT2D eigenvalue weighted by atomic mass is 16.5. The molecule has 0 saturated carbocycles. The molecule has 4 rings (SSSR count). The highest BCUT2D eigenvalue weighted by molar-refractivity contribution is 5.65. The predicted octanol–water partition coefficient (Wildman–Crippen LogP) is 3.31. The van der Waals surface area contributed by atoms with Crippen LogP contribution in [-0.2, 0) is 6.54 Å². The highest BCUT2D eigenvalue weighted by Crippen LogP contribution is 2.38. The molecular formula is C19H21N3O. The molecule has 0 aliphatic carbocycles. The molecule has 0 N–H and O–H groups in total. The van der Waals surface area contributed by atoms with Crippen molar-refractivity contribution in [1.82, 2.24) is 15.1 Å². The third-order valence-corrected chi connectivity index (χ3v) is 4.93. The number of ether oxygens (including phenoxy) is 1. The van der Waals surface area contributed by atoms with Crippen LogP contribution in [0.1, 0.15) is 30.5 Å². The molecule has 4 nitrogen and oxygen atoms in total. The van der Waals surface area contributed by atoms with Crippen LogP contribution in [0, 0.1) is 0 Å². The summed E-state index contributed by atoms with van der Waals surface area (Å²) in [5.74, 6) is 0.568. The van der Waals surface area contributed by atoms with Gasteiger partial charge in [-0.2, -0.15) is 0 Å². The smallest absolute Gasteiger partial charge is 0.233 e. The molecule has 0 spiro atoms. The SMILES string of the molecule is COc1ccc(C2=CC3CCC(C2)N3Cc2ccccc2)nn1. The number of methoxy groups -OCH3 is 1. The van der Waals surface area contributed by atoms with Crippen molar-refractivity contribution in [3.05, 3.63) is 59.8 Å². The first-order valence-corrected chi connectivity index (χ1v) is 8.22. The van der Waals surface area contributed by atoms with E-state index >= 15 is 0 Å². The monoisotopic (exact) mass is 307 g/mol. The maximum absolute atomic E-state index is 5.09. The minimum atomic E-state index is 0.521. The van der Waals surface area contributed by atoms with Gasteiger partial charge in [-0.15, -0.1) is 10.2 Å². The third kappa shape index (κ3) is 2.86. The van der Waals surface area contributed by atoms with Gasteiger partial charge in [0, 0.05) is 24.7 Å². The highest BCUT2D eigenvalue weighted by Gasteiger charge is 2.36. The second-order valence-electron chi connectivity index (χ2n) is 6.31. The lowest BCUT2D eigenvalue weighted by atomic mass is 9.97. The predicted molar refractivity (Wildman–Crippen MR) is 90.0 cm³/mol. The molecule has 2 aliphatic heterocycles. The summed E-state index contributed by atoms with van der Waals surface area (Å²) in [6.07, 6.45) is 5.96. The molecule has 3 heterocycles. The summed E-state index contributed by atoms with van der Waals surface area (Å²) < 4.78 is 5.09. The van der Waals surface area contributed by atoms with Crippen LogP contribution < -0.4 is 4.74 Å². The molecule has 2 unspecified atom stereocenters. The second kappa shape index (κ2) is 6.13. The maximum atomic E-state index is 5.09. The van der Waals surface area contributed by atoms with Crippen molar-refractivity contribution in [3.8, 4) is 5.88 Å². The van der Waals surface area contributed by atoms with Gasteiger partial charge in [0.2, 0.25) is 5.88 Å². The van der Waals surface area contributed by atoms with E-state index in [1.807, 2.05) is 12.1 Å². The average molecular weight is 307 g/mol. The zero-order valence-corrected chi connectivity index (χ0v) is 13.4. The van der Waals surface area contributed by atoms with Crippen molar-refractivity contribution in [2.24, 2.45) is 0 Å². The van der Waals surface area contributed by atoms with Gasteiger partial charge in [0.25, 0.3) is 0 Å². The van der Waals surface area contributed by atoms with E-state index in [-0.39, 0.29) is 0 Å². The molecule has 0 radical (unpaired) electrons. The first-order valence-electron chi connectivity index (χ1n) is 8.22. The van der Waals surface area contributed by atoms with Gasteiger partial charge in [0.15, 0.2) is 0 Å². The normalized spacial score (nSPS) is 23.6. The van der Waals surface area contributed by atoms with Crippen LogP contribution >= 0.6 is 0 Å². The molecule has 2 bridgehead atoms. The Morgan fingerprint density at radius 3 is 2.65 bits per heavy atom. The zero-order valence-electron chi connectivity index (χ0n) is 13.4. The van der Waals surface area contributed by atoms with Gasteiger partial charge in [-0.05, 0) is 36.5 Å². The van der Waals surface area contributed by atoms with Crippen LogP contribution in [0.25, 0.3) is 5.57 Å². The quantitative estimate of drug-likeness (QED) is 0.868. The van der Waals surface area contributed by atoms with Crippen molar-refractivity contribution >= 4 is 5.57 Å². The Balaban J connectivity index is 1.54. The summed E-state index contributed by atoms with van der Waals surface area (Å²) in [4.78, 5) is 2.63. The van der Waals surface area contributed by atoms with Crippen LogP contribution in [0.2, 0.25) is 0 Å². The molecule has 4 heteroatoms. The van der Waals surface area contributed by atoms with Gasteiger partial charge in [-0.3, -0.25) is 4.90 Å². The molecule has 2 atom stereocenters. The fourth-order valence-electron chi connectivity index (χ4n) is 3.75. The molecule has 23 heavy (non-hydrogen) atoms. The fraction of sp³-hybridized carbons (Fsp3) is 0.368. The molecule has 0 amide bonds. The summed E-state index contributed by atoms with van der Waals surface area (Å²) in [6.45, 7) is 1.04. The number of aromatic nitrogens is 2. The van der Waals surface area contributed by atoms with Crippen molar-refractivity contribution in [3.63, 3.8) is 0 Å². The average Bonchev–Trinajstić information content (AvgIpc) is 2.84. The lowest BCUT2D eigenvalue weighted by molar-refractivity contribution is 0.203. The Bertz CT molecular complexity index is 696. The molecule has 1 fully saturated rings. The third-order valence-electron chi connectivity index (χ3n) is 4.93.